The minimum atomic E-state index is -3.45. The Hall–Kier alpha value is -1.21. The quantitative estimate of drug-likeness (QED) is 0.892. The molecule has 2 rings (SSSR count). The third-order valence-electron chi connectivity index (χ3n) is 3.04. The zero-order valence-electron chi connectivity index (χ0n) is 11.4. The molecule has 0 spiro atoms. The number of benzene rings is 1. The highest BCUT2D eigenvalue weighted by Crippen LogP contribution is 2.21. The second-order valence-corrected chi connectivity index (χ2v) is 7.31. The van der Waals surface area contributed by atoms with Crippen molar-refractivity contribution in [1.82, 2.24) is 4.72 Å². The number of hydrogen-bond acceptors (Lipinski definition) is 4. The van der Waals surface area contributed by atoms with Crippen LogP contribution in [0.25, 0.3) is 0 Å². The lowest BCUT2D eigenvalue weighted by Gasteiger charge is -2.18. The van der Waals surface area contributed by atoms with E-state index in [-0.39, 0.29) is 12.6 Å². The van der Waals surface area contributed by atoms with Crippen molar-refractivity contribution in [2.45, 2.75) is 17.2 Å². The minimum Gasteiger partial charge on any atom is -0.375 e. The number of thiophene rings is 1. The molecule has 1 atom stereocenters. The van der Waals surface area contributed by atoms with E-state index in [1.807, 2.05) is 31.2 Å². The molecule has 0 amide bonds. The summed E-state index contributed by atoms with van der Waals surface area (Å²) in [5, 5.41) is 1.74. The van der Waals surface area contributed by atoms with E-state index in [9.17, 15) is 8.42 Å². The van der Waals surface area contributed by atoms with Crippen molar-refractivity contribution < 1.29 is 13.2 Å². The van der Waals surface area contributed by atoms with Gasteiger partial charge in [0.25, 0.3) is 0 Å². The summed E-state index contributed by atoms with van der Waals surface area (Å²) in [5.41, 5.74) is 2.07. The van der Waals surface area contributed by atoms with Gasteiger partial charge in [0.2, 0.25) is 10.0 Å². The molecule has 0 fully saturated rings. The molecule has 0 aliphatic carbocycles. The Balaban J connectivity index is 2.11. The van der Waals surface area contributed by atoms with Crippen LogP contribution in [0.2, 0.25) is 0 Å². The van der Waals surface area contributed by atoms with Crippen molar-refractivity contribution in [3.8, 4) is 0 Å². The van der Waals surface area contributed by atoms with Crippen LogP contribution in [0.5, 0.6) is 0 Å². The SMILES string of the molecule is CO[C@H](CNS(=O)(=O)c1cccs1)c1ccccc1C. The number of hydrogen-bond donors (Lipinski definition) is 1. The Morgan fingerprint density at radius 3 is 2.60 bits per heavy atom. The third kappa shape index (κ3) is 3.46. The Kier molecular flexibility index (Phi) is 4.93. The van der Waals surface area contributed by atoms with Crippen molar-refractivity contribution in [1.29, 1.82) is 0 Å². The molecule has 1 N–H and O–H groups in total. The van der Waals surface area contributed by atoms with Crippen LogP contribution in [-0.2, 0) is 14.8 Å². The molecule has 108 valence electrons. The van der Waals surface area contributed by atoms with Gasteiger partial charge in [-0.15, -0.1) is 11.3 Å². The molecule has 0 bridgehead atoms. The van der Waals surface area contributed by atoms with E-state index in [1.54, 1.807) is 24.6 Å². The Morgan fingerprint density at radius 1 is 1.25 bits per heavy atom. The van der Waals surface area contributed by atoms with Gasteiger partial charge in [0.15, 0.2) is 0 Å². The highest BCUT2D eigenvalue weighted by atomic mass is 32.2. The van der Waals surface area contributed by atoms with Gasteiger partial charge in [-0.1, -0.05) is 30.3 Å². The average Bonchev–Trinajstić information content (AvgIpc) is 2.96. The number of rotatable bonds is 6. The van der Waals surface area contributed by atoms with Gasteiger partial charge >= 0.3 is 0 Å². The van der Waals surface area contributed by atoms with E-state index >= 15 is 0 Å². The highest BCUT2D eigenvalue weighted by molar-refractivity contribution is 7.91. The third-order valence-corrected chi connectivity index (χ3v) is 5.86. The van der Waals surface area contributed by atoms with Gasteiger partial charge in [-0.3, -0.25) is 0 Å². The molecule has 20 heavy (non-hydrogen) atoms. The first-order chi connectivity index (χ1) is 9.54. The van der Waals surface area contributed by atoms with E-state index in [2.05, 4.69) is 4.72 Å². The summed E-state index contributed by atoms with van der Waals surface area (Å²) in [7, 11) is -1.87. The van der Waals surface area contributed by atoms with Gasteiger partial charge < -0.3 is 4.74 Å². The van der Waals surface area contributed by atoms with E-state index in [1.165, 1.54) is 11.3 Å². The number of sulfonamides is 1. The minimum absolute atomic E-state index is 0.210. The molecule has 6 heteroatoms. The van der Waals surface area contributed by atoms with E-state index < -0.39 is 10.0 Å². The van der Waals surface area contributed by atoms with Crippen molar-refractivity contribution in [3.05, 3.63) is 52.9 Å². The lowest BCUT2D eigenvalue weighted by Crippen LogP contribution is -2.29. The maximum Gasteiger partial charge on any atom is 0.250 e. The number of aryl methyl sites for hydroxylation is 1. The lowest BCUT2D eigenvalue weighted by molar-refractivity contribution is 0.107. The molecular weight excluding hydrogens is 294 g/mol. The normalized spacial score (nSPS) is 13.3. The second kappa shape index (κ2) is 6.49. The summed E-state index contributed by atoms with van der Waals surface area (Å²) in [6.45, 7) is 2.19. The molecular formula is C14H17NO3S2. The fourth-order valence-corrected chi connectivity index (χ4v) is 4.01. The summed E-state index contributed by atoms with van der Waals surface area (Å²) < 4.78 is 32.5. The standard InChI is InChI=1S/C14H17NO3S2/c1-11-6-3-4-7-12(11)13(18-2)10-15-20(16,17)14-8-5-9-19-14/h3-9,13,15H,10H2,1-2H3/t13-/m1/s1. The molecule has 1 aromatic carbocycles. The first kappa shape index (κ1) is 15.2. The van der Waals surface area contributed by atoms with Gasteiger partial charge in [0.05, 0.1) is 6.10 Å². The van der Waals surface area contributed by atoms with Crippen LogP contribution in [0.1, 0.15) is 17.2 Å². The molecule has 0 saturated carbocycles. The number of methoxy groups -OCH3 is 1. The van der Waals surface area contributed by atoms with E-state index in [4.69, 9.17) is 4.74 Å². The summed E-state index contributed by atoms with van der Waals surface area (Å²) >= 11 is 1.20. The highest BCUT2D eigenvalue weighted by Gasteiger charge is 2.19. The molecule has 2 aromatic rings. The smallest absolute Gasteiger partial charge is 0.250 e. The monoisotopic (exact) mass is 311 g/mol. The Morgan fingerprint density at radius 2 is 2.00 bits per heavy atom. The van der Waals surface area contributed by atoms with Crippen LogP contribution in [0.4, 0.5) is 0 Å². The van der Waals surface area contributed by atoms with Crippen molar-refractivity contribution in [2.75, 3.05) is 13.7 Å². The molecule has 1 aromatic heterocycles. The topological polar surface area (TPSA) is 55.4 Å². The second-order valence-electron chi connectivity index (χ2n) is 4.36. The van der Waals surface area contributed by atoms with Gasteiger partial charge in [-0.2, -0.15) is 0 Å². The number of nitrogens with one attached hydrogen (secondary N) is 1. The average molecular weight is 311 g/mol. The molecule has 0 radical (unpaired) electrons. The van der Waals surface area contributed by atoms with Crippen LogP contribution in [0, 0.1) is 6.92 Å². The van der Waals surface area contributed by atoms with Gasteiger partial charge in [-0.25, -0.2) is 13.1 Å². The zero-order chi connectivity index (χ0) is 14.6. The molecule has 1 heterocycles. The van der Waals surface area contributed by atoms with Crippen LogP contribution < -0.4 is 4.72 Å². The summed E-state index contributed by atoms with van der Waals surface area (Å²) in [6.07, 6.45) is -0.300. The first-order valence-corrected chi connectivity index (χ1v) is 8.52. The summed E-state index contributed by atoms with van der Waals surface area (Å²) in [5.74, 6) is 0. The summed E-state index contributed by atoms with van der Waals surface area (Å²) in [4.78, 5) is 0. The fraction of sp³-hybridized carbons (Fsp3) is 0.286. The van der Waals surface area contributed by atoms with Crippen molar-refractivity contribution in [3.63, 3.8) is 0 Å². The molecule has 0 unspecified atom stereocenters. The van der Waals surface area contributed by atoms with Crippen molar-refractivity contribution >= 4 is 21.4 Å². The number of ether oxygens (including phenoxy) is 1. The van der Waals surface area contributed by atoms with Crippen molar-refractivity contribution in [2.24, 2.45) is 0 Å². The maximum atomic E-state index is 12.1. The predicted octanol–water partition coefficient (Wildman–Crippen LogP) is 2.72. The van der Waals surface area contributed by atoms with Crippen LogP contribution in [0.15, 0.2) is 46.0 Å². The van der Waals surface area contributed by atoms with Gasteiger partial charge in [0, 0.05) is 13.7 Å². The Bertz CT molecular complexity index is 651. The zero-order valence-corrected chi connectivity index (χ0v) is 13.0. The predicted molar refractivity (Wildman–Crippen MR) is 80.4 cm³/mol. The first-order valence-electron chi connectivity index (χ1n) is 6.16. The fourth-order valence-electron chi connectivity index (χ4n) is 1.94. The lowest BCUT2D eigenvalue weighted by atomic mass is 10.0. The van der Waals surface area contributed by atoms with E-state index in [0.717, 1.165) is 11.1 Å². The van der Waals surface area contributed by atoms with Crippen LogP contribution in [0.3, 0.4) is 0 Å². The van der Waals surface area contributed by atoms with Gasteiger partial charge in [0.1, 0.15) is 4.21 Å². The Labute approximate surface area is 123 Å². The maximum absolute atomic E-state index is 12.1. The van der Waals surface area contributed by atoms with Gasteiger partial charge in [-0.05, 0) is 29.5 Å². The molecule has 4 nitrogen and oxygen atoms in total. The molecule has 0 saturated heterocycles. The van der Waals surface area contributed by atoms with Crippen LogP contribution >= 0.6 is 11.3 Å². The largest absolute Gasteiger partial charge is 0.375 e. The molecule has 0 aliphatic rings. The summed E-state index contributed by atoms with van der Waals surface area (Å²) in [6, 6.07) is 11.1. The molecule has 0 aliphatic heterocycles. The van der Waals surface area contributed by atoms with Crippen LogP contribution in [-0.4, -0.2) is 22.1 Å². The van der Waals surface area contributed by atoms with E-state index in [0.29, 0.717) is 4.21 Å².